The van der Waals surface area contributed by atoms with Crippen molar-refractivity contribution in [1.29, 1.82) is 0 Å². The Bertz CT molecular complexity index is 582. The number of nitrogens with one attached hydrogen (secondary N) is 1. The van der Waals surface area contributed by atoms with Gasteiger partial charge < -0.3 is 16.0 Å². The molecule has 2 heterocycles. The largest absolute Gasteiger partial charge is 0.368 e. The highest BCUT2D eigenvalue weighted by molar-refractivity contribution is 6.05. The van der Waals surface area contributed by atoms with Crippen molar-refractivity contribution < 1.29 is 4.79 Å². The summed E-state index contributed by atoms with van der Waals surface area (Å²) in [4.78, 5) is 22.6. The molecule has 0 bridgehead atoms. The summed E-state index contributed by atoms with van der Waals surface area (Å²) in [5.74, 6) is -0.240. The molecule has 118 valence electrons. The standard InChI is InChI=1S/C16H23N5O/c1-3-13(19-4-2)16(22)20-14-10-18-8-7-15(14)21-9-5-6-12(17)11-21/h3-4,7-8,10,12H,5-6,9,11,17H2,1-2H3,(H,20,22)/b13-3-,19-4?. The average molecular weight is 301 g/mol. The van der Waals surface area contributed by atoms with Gasteiger partial charge in [0.25, 0.3) is 5.91 Å². The van der Waals surface area contributed by atoms with Crippen molar-refractivity contribution in [3.63, 3.8) is 0 Å². The predicted octanol–water partition coefficient (Wildman–Crippen LogP) is 1.94. The van der Waals surface area contributed by atoms with Crippen LogP contribution in [0.25, 0.3) is 0 Å². The minimum atomic E-state index is -0.240. The number of nitrogens with zero attached hydrogens (tertiary/aromatic N) is 3. The van der Waals surface area contributed by atoms with Crippen LogP contribution in [0.2, 0.25) is 0 Å². The molecule has 1 atom stereocenters. The minimum Gasteiger partial charge on any atom is -0.368 e. The third-order valence-corrected chi connectivity index (χ3v) is 3.62. The first kappa shape index (κ1) is 16.2. The average Bonchev–Trinajstić information content (AvgIpc) is 2.53. The van der Waals surface area contributed by atoms with Gasteiger partial charge in [-0.1, -0.05) is 6.08 Å². The molecule has 1 aromatic rings. The molecule has 6 nitrogen and oxygen atoms in total. The lowest BCUT2D eigenvalue weighted by molar-refractivity contribution is -0.112. The van der Waals surface area contributed by atoms with E-state index in [1.165, 1.54) is 0 Å². The van der Waals surface area contributed by atoms with Gasteiger partial charge in [0.05, 0.1) is 17.6 Å². The van der Waals surface area contributed by atoms with Crippen LogP contribution in [0.15, 0.2) is 35.2 Å². The monoisotopic (exact) mass is 301 g/mol. The van der Waals surface area contributed by atoms with Crippen molar-refractivity contribution in [3.05, 3.63) is 30.2 Å². The molecule has 22 heavy (non-hydrogen) atoms. The maximum Gasteiger partial charge on any atom is 0.273 e. The summed E-state index contributed by atoms with van der Waals surface area (Å²) < 4.78 is 0. The molecule has 6 heteroatoms. The number of aromatic nitrogens is 1. The molecular formula is C16H23N5O. The molecule has 1 fully saturated rings. The zero-order valence-corrected chi connectivity index (χ0v) is 13.1. The highest BCUT2D eigenvalue weighted by atomic mass is 16.2. The smallest absolute Gasteiger partial charge is 0.273 e. The summed E-state index contributed by atoms with van der Waals surface area (Å²) in [5, 5.41) is 2.89. The number of rotatable bonds is 4. The molecule has 1 amide bonds. The lowest BCUT2D eigenvalue weighted by atomic mass is 10.1. The van der Waals surface area contributed by atoms with Gasteiger partial charge in [-0.3, -0.25) is 14.8 Å². The Kier molecular flexibility index (Phi) is 5.66. The molecule has 0 radical (unpaired) electrons. The number of carbonyl (C=O) groups excluding carboxylic acids is 1. The van der Waals surface area contributed by atoms with Crippen LogP contribution in [-0.4, -0.2) is 36.2 Å². The summed E-state index contributed by atoms with van der Waals surface area (Å²) in [6.45, 7) is 5.29. The van der Waals surface area contributed by atoms with Gasteiger partial charge in [0.1, 0.15) is 5.70 Å². The van der Waals surface area contributed by atoms with Gasteiger partial charge in [-0.25, -0.2) is 0 Å². The number of carbonyl (C=O) groups is 1. The number of piperidine rings is 1. The molecular weight excluding hydrogens is 278 g/mol. The highest BCUT2D eigenvalue weighted by Crippen LogP contribution is 2.27. The van der Waals surface area contributed by atoms with E-state index in [1.54, 1.807) is 38.5 Å². The number of allylic oxidation sites excluding steroid dienone is 1. The molecule has 1 unspecified atom stereocenters. The normalized spacial score (nSPS) is 19.5. The van der Waals surface area contributed by atoms with Gasteiger partial charge in [-0.15, -0.1) is 0 Å². The Balaban J connectivity index is 2.19. The number of aliphatic imine (C=N–C) groups is 1. The second kappa shape index (κ2) is 7.70. The van der Waals surface area contributed by atoms with E-state index in [0.29, 0.717) is 11.4 Å². The van der Waals surface area contributed by atoms with E-state index >= 15 is 0 Å². The minimum absolute atomic E-state index is 0.168. The molecule has 1 saturated heterocycles. The number of nitrogens with two attached hydrogens (primary N) is 1. The first-order valence-corrected chi connectivity index (χ1v) is 7.56. The Hall–Kier alpha value is -2.21. The van der Waals surface area contributed by atoms with E-state index < -0.39 is 0 Å². The molecule has 1 aliphatic heterocycles. The molecule has 1 aromatic heterocycles. The van der Waals surface area contributed by atoms with E-state index in [9.17, 15) is 4.79 Å². The van der Waals surface area contributed by atoms with E-state index in [1.807, 2.05) is 6.07 Å². The molecule has 0 aromatic carbocycles. The fourth-order valence-electron chi connectivity index (χ4n) is 2.58. The maximum absolute atomic E-state index is 12.3. The second-order valence-electron chi connectivity index (χ2n) is 5.26. The number of amides is 1. The van der Waals surface area contributed by atoms with Crippen molar-refractivity contribution in [3.8, 4) is 0 Å². The number of hydrogen-bond acceptors (Lipinski definition) is 5. The number of hydrogen-bond donors (Lipinski definition) is 2. The van der Waals surface area contributed by atoms with Crippen molar-refractivity contribution in [1.82, 2.24) is 4.98 Å². The Morgan fingerprint density at radius 2 is 2.36 bits per heavy atom. The lowest BCUT2D eigenvalue weighted by Crippen LogP contribution is -2.43. The van der Waals surface area contributed by atoms with Crippen LogP contribution in [0.3, 0.4) is 0 Å². The van der Waals surface area contributed by atoms with Crippen LogP contribution in [-0.2, 0) is 4.79 Å². The third kappa shape index (κ3) is 3.92. The molecule has 3 N–H and O–H groups in total. The predicted molar refractivity (Wildman–Crippen MR) is 90.2 cm³/mol. The Labute approximate surface area is 131 Å². The van der Waals surface area contributed by atoms with E-state index in [4.69, 9.17) is 5.73 Å². The lowest BCUT2D eigenvalue weighted by Gasteiger charge is -2.33. The number of anilines is 2. The van der Waals surface area contributed by atoms with Crippen LogP contribution in [0.1, 0.15) is 26.7 Å². The summed E-state index contributed by atoms with van der Waals surface area (Å²) in [6, 6.07) is 2.08. The summed E-state index contributed by atoms with van der Waals surface area (Å²) in [5.41, 5.74) is 8.07. The van der Waals surface area contributed by atoms with Gasteiger partial charge in [0, 0.05) is 31.5 Å². The molecule has 0 saturated carbocycles. The van der Waals surface area contributed by atoms with Gasteiger partial charge in [-0.05, 0) is 32.8 Å². The SMILES string of the molecule is CC=N/C(=C\C)C(=O)Nc1cnccc1N1CCCC(N)C1. The highest BCUT2D eigenvalue weighted by Gasteiger charge is 2.20. The third-order valence-electron chi connectivity index (χ3n) is 3.62. The summed E-state index contributed by atoms with van der Waals surface area (Å²) >= 11 is 0. The summed E-state index contributed by atoms with van der Waals surface area (Å²) in [6.07, 6.45) is 8.77. The van der Waals surface area contributed by atoms with Crippen molar-refractivity contribution in [2.45, 2.75) is 32.7 Å². The fraction of sp³-hybridized carbons (Fsp3) is 0.438. The van der Waals surface area contributed by atoms with E-state index in [-0.39, 0.29) is 11.9 Å². The van der Waals surface area contributed by atoms with Gasteiger partial charge >= 0.3 is 0 Å². The van der Waals surface area contributed by atoms with Crippen LogP contribution in [0.4, 0.5) is 11.4 Å². The maximum atomic E-state index is 12.3. The van der Waals surface area contributed by atoms with Gasteiger partial charge in [0.2, 0.25) is 0 Å². The second-order valence-corrected chi connectivity index (χ2v) is 5.26. The van der Waals surface area contributed by atoms with Crippen molar-refractivity contribution >= 4 is 23.5 Å². The molecule has 2 rings (SSSR count). The van der Waals surface area contributed by atoms with Crippen LogP contribution < -0.4 is 16.0 Å². The molecule has 1 aliphatic rings. The zero-order chi connectivity index (χ0) is 15.9. The summed E-state index contributed by atoms with van der Waals surface area (Å²) in [7, 11) is 0. The molecule has 0 aliphatic carbocycles. The number of pyridine rings is 1. The Morgan fingerprint density at radius 1 is 1.55 bits per heavy atom. The first-order valence-electron chi connectivity index (χ1n) is 7.56. The Morgan fingerprint density at radius 3 is 3.05 bits per heavy atom. The zero-order valence-electron chi connectivity index (χ0n) is 13.1. The quantitative estimate of drug-likeness (QED) is 0.657. The van der Waals surface area contributed by atoms with Gasteiger partial charge in [-0.2, -0.15) is 0 Å². The van der Waals surface area contributed by atoms with Crippen LogP contribution in [0, 0.1) is 0 Å². The molecule has 0 spiro atoms. The first-order chi connectivity index (χ1) is 10.7. The van der Waals surface area contributed by atoms with Crippen molar-refractivity contribution in [2.75, 3.05) is 23.3 Å². The van der Waals surface area contributed by atoms with Crippen LogP contribution in [0.5, 0.6) is 0 Å². The van der Waals surface area contributed by atoms with Crippen molar-refractivity contribution in [2.24, 2.45) is 10.7 Å². The van der Waals surface area contributed by atoms with E-state index in [2.05, 4.69) is 20.2 Å². The van der Waals surface area contributed by atoms with E-state index in [0.717, 1.165) is 31.6 Å². The van der Waals surface area contributed by atoms with Gasteiger partial charge in [0.15, 0.2) is 0 Å². The fourth-order valence-corrected chi connectivity index (χ4v) is 2.58. The van der Waals surface area contributed by atoms with Crippen LogP contribution >= 0.6 is 0 Å². The topological polar surface area (TPSA) is 83.6 Å².